The molecule has 0 aromatic heterocycles. The molecule has 146 valence electrons. The van der Waals surface area contributed by atoms with E-state index in [1.54, 1.807) is 20.3 Å². The molecule has 3 rings (SSSR count). The van der Waals surface area contributed by atoms with E-state index in [1.165, 1.54) is 19.2 Å². The predicted octanol–water partition coefficient (Wildman–Crippen LogP) is 3.72. The molecule has 1 fully saturated rings. The van der Waals surface area contributed by atoms with E-state index in [2.05, 4.69) is 4.90 Å². The van der Waals surface area contributed by atoms with Crippen molar-refractivity contribution < 1.29 is 23.7 Å². The highest BCUT2D eigenvalue weighted by Gasteiger charge is 2.31. The Labute approximate surface area is 159 Å². The maximum atomic E-state index is 13.7. The maximum absolute atomic E-state index is 13.7. The van der Waals surface area contributed by atoms with Gasteiger partial charge in [-0.05, 0) is 43.7 Å². The molecule has 27 heavy (non-hydrogen) atoms. The first-order valence-corrected chi connectivity index (χ1v) is 9.04. The topological polar surface area (TPSA) is 51.2 Å². The fraction of sp³-hybridized carbons (Fsp3) is 0.429. The summed E-state index contributed by atoms with van der Waals surface area (Å²) in [5.74, 6) is 1.61. The van der Waals surface area contributed by atoms with Crippen molar-refractivity contribution in [1.82, 2.24) is 4.90 Å². The monoisotopic (exact) mass is 375 g/mol. The Morgan fingerprint density at radius 2 is 1.85 bits per heavy atom. The number of aliphatic hydroxyl groups is 1. The fourth-order valence-corrected chi connectivity index (χ4v) is 3.78. The molecule has 0 spiro atoms. The Hall–Kier alpha value is -2.31. The van der Waals surface area contributed by atoms with Crippen molar-refractivity contribution in [2.24, 2.45) is 0 Å². The van der Waals surface area contributed by atoms with Gasteiger partial charge >= 0.3 is 0 Å². The normalized spacial score (nSPS) is 18.3. The summed E-state index contributed by atoms with van der Waals surface area (Å²) in [5.41, 5.74) is 1.53. The average molecular weight is 375 g/mol. The Kier molecular flexibility index (Phi) is 6.19. The van der Waals surface area contributed by atoms with E-state index in [4.69, 9.17) is 14.2 Å². The van der Waals surface area contributed by atoms with Gasteiger partial charge in [-0.1, -0.05) is 6.07 Å². The lowest BCUT2D eigenvalue weighted by Gasteiger charge is -2.28. The zero-order chi connectivity index (χ0) is 19.4. The smallest absolute Gasteiger partial charge is 0.127 e. The molecule has 1 heterocycles. The van der Waals surface area contributed by atoms with Crippen LogP contribution in [0.4, 0.5) is 4.39 Å². The van der Waals surface area contributed by atoms with Gasteiger partial charge in [0.2, 0.25) is 0 Å². The molecule has 6 heteroatoms. The fourth-order valence-electron chi connectivity index (χ4n) is 3.78. The van der Waals surface area contributed by atoms with Crippen LogP contribution in [0.5, 0.6) is 17.2 Å². The minimum Gasteiger partial charge on any atom is -0.497 e. The first-order chi connectivity index (χ1) is 13.1. The second kappa shape index (κ2) is 8.59. The summed E-state index contributed by atoms with van der Waals surface area (Å²) in [5, 5.41) is 10.8. The first kappa shape index (κ1) is 19.5. The van der Waals surface area contributed by atoms with E-state index in [-0.39, 0.29) is 11.9 Å². The number of likely N-dealkylation sites (tertiary alicyclic amines) is 1. The van der Waals surface area contributed by atoms with Gasteiger partial charge in [0.25, 0.3) is 0 Å². The number of hydrogen-bond acceptors (Lipinski definition) is 5. The highest BCUT2D eigenvalue weighted by atomic mass is 19.1. The molecule has 0 unspecified atom stereocenters. The van der Waals surface area contributed by atoms with Crippen LogP contribution in [0.3, 0.4) is 0 Å². The van der Waals surface area contributed by atoms with Crippen molar-refractivity contribution in [3.8, 4) is 17.2 Å². The lowest BCUT2D eigenvalue weighted by Crippen LogP contribution is -2.29. The second-order valence-electron chi connectivity index (χ2n) is 6.66. The van der Waals surface area contributed by atoms with E-state index >= 15 is 0 Å². The highest BCUT2D eigenvalue weighted by Crippen LogP contribution is 2.40. The van der Waals surface area contributed by atoms with Crippen molar-refractivity contribution in [2.45, 2.75) is 25.0 Å². The number of nitrogens with zero attached hydrogens (tertiary/aromatic N) is 1. The van der Waals surface area contributed by atoms with Gasteiger partial charge in [0.1, 0.15) is 23.1 Å². The van der Waals surface area contributed by atoms with Crippen LogP contribution in [0.15, 0.2) is 36.4 Å². The molecule has 1 N–H and O–H groups in total. The molecule has 0 aliphatic carbocycles. The number of methoxy groups -OCH3 is 3. The van der Waals surface area contributed by atoms with Gasteiger partial charge in [-0.15, -0.1) is 0 Å². The van der Waals surface area contributed by atoms with E-state index < -0.39 is 6.10 Å². The zero-order valence-corrected chi connectivity index (χ0v) is 15.9. The van der Waals surface area contributed by atoms with Crippen LogP contribution in [0.25, 0.3) is 0 Å². The molecule has 1 saturated heterocycles. The quantitative estimate of drug-likeness (QED) is 0.799. The van der Waals surface area contributed by atoms with Gasteiger partial charge < -0.3 is 19.3 Å². The third kappa shape index (κ3) is 4.17. The van der Waals surface area contributed by atoms with Gasteiger partial charge in [0.05, 0.1) is 27.4 Å². The largest absolute Gasteiger partial charge is 0.497 e. The Morgan fingerprint density at radius 3 is 2.56 bits per heavy atom. The molecule has 1 aliphatic rings. The Morgan fingerprint density at radius 1 is 1.07 bits per heavy atom. The highest BCUT2D eigenvalue weighted by molar-refractivity contribution is 5.43. The van der Waals surface area contributed by atoms with Crippen LogP contribution >= 0.6 is 0 Å². The van der Waals surface area contributed by atoms with Gasteiger partial charge in [0, 0.05) is 29.8 Å². The molecule has 2 aromatic rings. The van der Waals surface area contributed by atoms with Gasteiger partial charge in [0.15, 0.2) is 0 Å². The van der Waals surface area contributed by atoms with Gasteiger partial charge in [-0.3, -0.25) is 4.90 Å². The maximum Gasteiger partial charge on any atom is 0.127 e. The molecule has 0 bridgehead atoms. The summed E-state index contributed by atoms with van der Waals surface area (Å²) in [7, 11) is 4.79. The van der Waals surface area contributed by atoms with Crippen LogP contribution in [0, 0.1) is 5.82 Å². The van der Waals surface area contributed by atoms with Gasteiger partial charge in [-0.2, -0.15) is 0 Å². The van der Waals surface area contributed by atoms with E-state index in [0.717, 1.165) is 36.4 Å². The Balaban J connectivity index is 1.82. The van der Waals surface area contributed by atoms with Crippen LogP contribution in [-0.2, 0) is 0 Å². The average Bonchev–Trinajstić information content (AvgIpc) is 3.15. The number of benzene rings is 2. The number of rotatable bonds is 7. The first-order valence-electron chi connectivity index (χ1n) is 9.04. The SMILES string of the molecule is COc1ccc([C@H]2CCCN2C[C@@H](O)c2cc(F)ccc2OC)c(OC)c1. The van der Waals surface area contributed by atoms with Crippen LogP contribution in [0.1, 0.15) is 36.1 Å². The van der Waals surface area contributed by atoms with Crippen LogP contribution in [0.2, 0.25) is 0 Å². The molecular weight excluding hydrogens is 349 g/mol. The van der Waals surface area contributed by atoms with Crippen LogP contribution < -0.4 is 14.2 Å². The molecule has 5 nitrogen and oxygen atoms in total. The lowest BCUT2D eigenvalue weighted by atomic mass is 10.0. The molecule has 0 saturated carbocycles. The molecular formula is C21H26FNO4. The van der Waals surface area contributed by atoms with Crippen molar-refractivity contribution in [1.29, 1.82) is 0 Å². The number of hydrogen-bond donors (Lipinski definition) is 1. The minimum atomic E-state index is -0.847. The van der Waals surface area contributed by atoms with Crippen molar-refractivity contribution in [3.05, 3.63) is 53.3 Å². The molecule has 0 radical (unpaired) electrons. The second-order valence-corrected chi connectivity index (χ2v) is 6.66. The Bertz CT molecular complexity index is 783. The third-order valence-corrected chi connectivity index (χ3v) is 5.12. The summed E-state index contributed by atoms with van der Waals surface area (Å²) in [6.45, 7) is 1.24. The van der Waals surface area contributed by atoms with Crippen LogP contribution in [-0.4, -0.2) is 44.4 Å². The summed E-state index contributed by atoms with van der Waals surface area (Å²) in [4.78, 5) is 2.21. The van der Waals surface area contributed by atoms with E-state index in [1.807, 2.05) is 18.2 Å². The summed E-state index contributed by atoms with van der Waals surface area (Å²) in [6, 6.07) is 10.1. The van der Waals surface area contributed by atoms with E-state index in [9.17, 15) is 9.50 Å². The van der Waals surface area contributed by atoms with Crippen molar-refractivity contribution >= 4 is 0 Å². The number of ether oxygens (including phenoxy) is 3. The standard InChI is InChI=1S/C21H26FNO4/c1-25-15-7-8-16(21(12-15)27-3)18-5-4-10-23(18)13-19(24)17-11-14(22)6-9-20(17)26-2/h6-9,11-12,18-19,24H,4-5,10,13H2,1-3H3/t18-,19-/m1/s1. The summed E-state index contributed by atoms with van der Waals surface area (Å²) < 4.78 is 29.8. The minimum absolute atomic E-state index is 0.125. The molecule has 0 amide bonds. The molecule has 1 aliphatic heterocycles. The summed E-state index contributed by atoms with van der Waals surface area (Å²) in [6.07, 6.45) is 1.14. The van der Waals surface area contributed by atoms with Crippen molar-refractivity contribution in [3.63, 3.8) is 0 Å². The molecule has 2 aromatic carbocycles. The van der Waals surface area contributed by atoms with Crippen molar-refractivity contribution in [2.75, 3.05) is 34.4 Å². The third-order valence-electron chi connectivity index (χ3n) is 5.12. The lowest BCUT2D eigenvalue weighted by molar-refractivity contribution is 0.103. The number of β-amino-alcohol motifs (C(OH)–C–C–N with tert-alkyl or cyclic N) is 1. The molecule has 2 atom stereocenters. The van der Waals surface area contributed by atoms with Gasteiger partial charge in [-0.25, -0.2) is 4.39 Å². The van der Waals surface area contributed by atoms with E-state index in [0.29, 0.717) is 17.9 Å². The number of halogens is 1. The zero-order valence-electron chi connectivity index (χ0n) is 15.9. The summed E-state index contributed by atoms with van der Waals surface area (Å²) >= 11 is 0. The number of aliphatic hydroxyl groups excluding tert-OH is 1. The predicted molar refractivity (Wildman–Crippen MR) is 101 cm³/mol.